The van der Waals surface area contributed by atoms with Gasteiger partial charge in [0, 0.05) is 39.1 Å². The summed E-state index contributed by atoms with van der Waals surface area (Å²) in [7, 11) is 3.59. The highest BCUT2D eigenvalue weighted by atomic mass is 16.5. The predicted octanol–water partition coefficient (Wildman–Crippen LogP) is 2.06. The molecule has 18 heavy (non-hydrogen) atoms. The number of hydrogen-bond donors (Lipinski definition) is 2. The van der Waals surface area contributed by atoms with Gasteiger partial charge in [-0.1, -0.05) is 0 Å². The Labute approximate surface area is 108 Å². The molecule has 0 bridgehead atoms. The van der Waals surface area contributed by atoms with Gasteiger partial charge in [-0.05, 0) is 31.6 Å². The van der Waals surface area contributed by atoms with E-state index in [1.54, 1.807) is 7.11 Å². The fourth-order valence-corrected chi connectivity index (χ4v) is 2.06. The molecule has 0 atom stereocenters. The number of aromatic nitrogens is 2. The second-order valence-corrected chi connectivity index (χ2v) is 5.06. The van der Waals surface area contributed by atoms with Crippen molar-refractivity contribution in [3.8, 4) is 0 Å². The van der Waals surface area contributed by atoms with E-state index in [-0.39, 0.29) is 0 Å². The Bertz CT molecular complexity index is 404. The van der Waals surface area contributed by atoms with Gasteiger partial charge in [0.05, 0.1) is 0 Å². The Balaban J connectivity index is 1.92. The van der Waals surface area contributed by atoms with Crippen molar-refractivity contribution in [2.75, 3.05) is 37.9 Å². The molecule has 0 aliphatic heterocycles. The lowest BCUT2D eigenvalue weighted by molar-refractivity contribution is 0.175. The van der Waals surface area contributed by atoms with Crippen molar-refractivity contribution >= 4 is 11.8 Å². The summed E-state index contributed by atoms with van der Waals surface area (Å²) in [5, 5.41) is 6.40. The topological polar surface area (TPSA) is 59.1 Å². The van der Waals surface area contributed by atoms with Gasteiger partial charge in [-0.2, -0.15) is 4.98 Å². The van der Waals surface area contributed by atoms with E-state index in [0.717, 1.165) is 31.1 Å². The quantitative estimate of drug-likeness (QED) is 0.775. The third kappa shape index (κ3) is 3.32. The molecule has 0 radical (unpaired) electrons. The lowest BCUT2D eigenvalue weighted by atomic mass is 10.0. The second-order valence-electron chi connectivity index (χ2n) is 5.06. The first-order valence-corrected chi connectivity index (χ1v) is 6.44. The highest BCUT2D eigenvalue weighted by molar-refractivity contribution is 5.42. The molecule has 1 aliphatic carbocycles. The normalized spacial score (nSPS) is 16.4. The van der Waals surface area contributed by atoms with Gasteiger partial charge in [0.1, 0.15) is 5.82 Å². The van der Waals surface area contributed by atoms with Crippen LogP contribution in [0.4, 0.5) is 11.8 Å². The van der Waals surface area contributed by atoms with Crippen LogP contribution in [0.2, 0.25) is 0 Å². The maximum atomic E-state index is 5.16. The zero-order valence-corrected chi connectivity index (χ0v) is 11.4. The summed E-state index contributed by atoms with van der Waals surface area (Å²) < 4.78 is 5.16. The zero-order chi connectivity index (χ0) is 13.0. The van der Waals surface area contributed by atoms with Gasteiger partial charge in [-0.15, -0.1) is 0 Å². The zero-order valence-electron chi connectivity index (χ0n) is 11.4. The molecule has 1 aromatic heterocycles. The number of nitrogens with zero attached hydrogens (tertiary/aromatic N) is 2. The van der Waals surface area contributed by atoms with Gasteiger partial charge in [0.15, 0.2) is 0 Å². The number of rotatable bonds is 7. The highest BCUT2D eigenvalue weighted by Gasteiger charge is 2.41. The van der Waals surface area contributed by atoms with Crippen molar-refractivity contribution in [2.24, 2.45) is 5.41 Å². The molecule has 100 valence electrons. The number of hydrogen-bond acceptors (Lipinski definition) is 5. The lowest BCUT2D eigenvalue weighted by Crippen LogP contribution is -2.18. The average molecular weight is 250 g/mol. The molecule has 2 rings (SSSR count). The van der Waals surface area contributed by atoms with E-state index in [2.05, 4.69) is 20.6 Å². The Morgan fingerprint density at radius 2 is 2.17 bits per heavy atom. The van der Waals surface area contributed by atoms with Crippen molar-refractivity contribution in [2.45, 2.75) is 26.2 Å². The summed E-state index contributed by atoms with van der Waals surface area (Å²) in [5.41, 5.74) is 1.40. The van der Waals surface area contributed by atoms with Gasteiger partial charge in [-0.25, -0.2) is 4.98 Å². The Morgan fingerprint density at radius 3 is 2.78 bits per heavy atom. The van der Waals surface area contributed by atoms with Crippen molar-refractivity contribution in [1.82, 2.24) is 9.97 Å². The number of aryl methyl sites for hydroxylation is 1. The Hall–Kier alpha value is -1.36. The van der Waals surface area contributed by atoms with Crippen LogP contribution in [0.3, 0.4) is 0 Å². The van der Waals surface area contributed by atoms with E-state index in [1.807, 2.05) is 20.0 Å². The predicted molar refractivity (Wildman–Crippen MR) is 73.0 cm³/mol. The van der Waals surface area contributed by atoms with E-state index in [9.17, 15) is 0 Å². The van der Waals surface area contributed by atoms with Crippen molar-refractivity contribution in [1.29, 1.82) is 0 Å². The Kier molecular flexibility index (Phi) is 4.01. The van der Waals surface area contributed by atoms with E-state index in [0.29, 0.717) is 11.4 Å². The monoisotopic (exact) mass is 250 g/mol. The van der Waals surface area contributed by atoms with Crippen LogP contribution in [0.1, 0.15) is 25.0 Å². The molecule has 5 heteroatoms. The van der Waals surface area contributed by atoms with Crippen molar-refractivity contribution < 1.29 is 4.74 Å². The fraction of sp³-hybridized carbons (Fsp3) is 0.692. The first-order valence-electron chi connectivity index (χ1n) is 6.44. The molecule has 0 spiro atoms. The molecular weight excluding hydrogens is 228 g/mol. The first-order chi connectivity index (χ1) is 8.67. The number of anilines is 2. The van der Waals surface area contributed by atoms with Crippen LogP contribution in [-0.2, 0) is 4.74 Å². The molecule has 0 saturated heterocycles. The van der Waals surface area contributed by atoms with Gasteiger partial charge in [-0.3, -0.25) is 0 Å². The van der Waals surface area contributed by atoms with Crippen LogP contribution in [0, 0.1) is 12.3 Å². The number of methoxy groups -OCH3 is 1. The van der Waals surface area contributed by atoms with Crippen LogP contribution in [0.25, 0.3) is 0 Å². The molecule has 1 heterocycles. The minimum Gasteiger partial charge on any atom is -0.385 e. The maximum absolute atomic E-state index is 5.16. The molecule has 2 N–H and O–H groups in total. The third-order valence-corrected chi connectivity index (χ3v) is 3.52. The van der Waals surface area contributed by atoms with Crippen LogP contribution in [0.15, 0.2) is 6.07 Å². The van der Waals surface area contributed by atoms with Crippen molar-refractivity contribution in [3.05, 3.63) is 11.8 Å². The molecule has 0 amide bonds. The third-order valence-electron chi connectivity index (χ3n) is 3.52. The molecular formula is C13H22N4O. The van der Waals surface area contributed by atoms with Gasteiger partial charge >= 0.3 is 0 Å². The standard InChI is InChI=1S/C13H22N4O/c1-10-8-11(17-12(14-2)16-10)15-9-13(4-5-13)6-7-18-3/h8H,4-7,9H2,1-3H3,(H2,14,15,16,17). The molecule has 1 aromatic rings. The number of ether oxygens (including phenoxy) is 1. The minimum absolute atomic E-state index is 0.425. The van der Waals surface area contributed by atoms with Crippen LogP contribution < -0.4 is 10.6 Å². The summed E-state index contributed by atoms with van der Waals surface area (Å²) in [6.07, 6.45) is 3.69. The van der Waals surface area contributed by atoms with Gasteiger partial charge in [0.25, 0.3) is 0 Å². The number of nitrogens with one attached hydrogen (secondary N) is 2. The molecule has 0 aromatic carbocycles. The van der Waals surface area contributed by atoms with E-state index in [1.165, 1.54) is 12.8 Å². The molecule has 1 aliphatic rings. The van der Waals surface area contributed by atoms with Gasteiger partial charge in [0.2, 0.25) is 5.95 Å². The molecule has 1 fully saturated rings. The summed E-state index contributed by atoms with van der Waals surface area (Å²) in [6, 6.07) is 1.98. The molecule has 5 nitrogen and oxygen atoms in total. The van der Waals surface area contributed by atoms with Crippen LogP contribution in [-0.4, -0.2) is 37.3 Å². The second kappa shape index (κ2) is 5.52. The van der Waals surface area contributed by atoms with Crippen LogP contribution >= 0.6 is 0 Å². The van der Waals surface area contributed by atoms with Crippen molar-refractivity contribution in [3.63, 3.8) is 0 Å². The fourth-order valence-electron chi connectivity index (χ4n) is 2.06. The van der Waals surface area contributed by atoms with Gasteiger partial charge < -0.3 is 15.4 Å². The first kappa shape index (κ1) is 13.1. The minimum atomic E-state index is 0.425. The average Bonchev–Trinajstić information content (AvgIpc) is 3.14. The van der Waals surface area contributed by atoms with E-state index < -0.39 is 0 Å². The Morgan fingerprint density at radius 1 is 1.39 bits per heavy atom. The highest BCUT2D eigenvalue weighted by Crippen LogP contribution is 2.48. The SMILES string of the molecule is CNc1nc(C)cc(NCC2(CCOC)CC2)n1. The summed E-state index contributed by atoms with van der Waals surface area (Å²) in [5.74, 6) is 1.56. The molecule has 1 saturated carbocycles. The largest absolute Gasteiger partial charge is 0.385 e. The smallest absolute Gasteiger partial charge is 0.224 e. The summed E-state index contributed by atoms with van der Waals surface area (Å²) in [6.45, 7) is 3.79. The van der Waals surface area contributed by atoms with E-state index >= 15 is 0 Å². The van der Waals surface area contributed by atoms with Crippen LogP contribution in [0.5, 0.6) is 0 Å². The molecule has 0 unspecified atom stereocenters. The lowest BCUT2D eigenvalue weighted by Gasteiger charge is -2.16. The van der Waals surface area contributed by atoms with E-state index in [4.69, 9.17) is 4.74 Å². The maximum Gasteiger partial charge on any atom is 0.224 e. The summed E-state index contributed by atoms with van der Waals surface area (Å²) >= 11 is 0. The summed E-state index contributed by atoms with van der Waals surface area (Å²) in [4.78, 5) is 8.68.